The lowest BCUT2D eigenvalue weighted by atomic mass is 10.1. The Labute approximate surface area is 149 Å². The quantitative estimate of drug-likeness (QED) is 0.880. The van der Waals surface area contributed by atoms with E-state index in [0.29, 0.717) is 33.8 Å². The van der Waals surface area contributed by atoms with Crippen molar-refractivity contribution in [1.82, 2.24) is 9.88 Å². The Morgan fingerprint density at radius 2 is 2.25 bits per heavy atom. The number of anilines is 2. The Bertz CT molecular complexity index is 763. The van der Waals surface area contributed by atoms with Crippen molar-refractivity contribution < 1.29 is 9.53 Å². The second kappa shape index (κ2) is 6.96. The van der Waals surface area contributed by atoms with E-state index in [9.17, 15) is 4.79 Å². The van der Waals surface area contributed by atoms with Crippen molar-refractivity contribution in [2.75, 3.05) is 44.4 Å². The van der Waals surface area contributed by atoms with Gasteiger partial charge in [-0.25, -0.2) is 4.98 Å². The lowest BCUT2D eigenvalue weighted by Crippen LogP contribution is -2.40. The van der Waals surface area contributed by atoms with E-state index in [4.69, 9.17) is 22.1 Å². The molecule has 1 aromatic heterocycles. The van der Waals surface area contributed by atoms with E-state index in [2.05, 4.69) is 9.88 Å². The molecule has 2 N–H and O–H groups in total. The number of hydrogen-bond donors (Lipinski definition) is 1. The fourth-order valence-electron chi connectivity index (χ4n) is 2.67. The van der Waals surface area contributed by atoms with Crippen LogP contribution in [0.3, 0.4) is 0 Å². The lowest BCUT2D eigenvalue weighted by Gasteiger charge is -2.31. The number of rotatable bonds is 5. The zero-order valence-electron chi connectivity index (χ0n) is 13.6. The van der Waals surface area contributed by atoms with Gasteiger partial charge in [0.25, 0.3) is 5.91 Å². The number of aromatic nitrogens is 1. The second-order valence-corrected chi connectivity index (χ2v) is 7.19. The lowest BCUT2D eigenvalue weighted by molar-refractivity contribution is -0.121. The van der Waals surface area contributed by atoms with Crippen LogP contribution in [0.4, 0.5) is 10.8 Å². The highest BCUT2D eigenvalue weighted by molar-refractivity contribution is 7.13. The van der Waals surface area contributed by atoms with Gasteiger partial charge in [-0.1, -0.05) is 11.6 Å². The summed E-state index contributed by atoms with van der Waals surface area (Å²) in [7, 11) is 4.02. The minimum absolute atomic E-state index is 0.0171. The standard InChI is InChI=1S/C16H19ClN4O2S/c1-20(2)4-3-5-21-13-7-10(17)6-11(12-9-24-16(18)19-12)15(13)23-8-14(21)22/h6-7,9H,3-5,8H2,1-2H3,(H2,18,19). The number of halogens is 1. The van der Waals surface area contributed by atoms with Gasteiger partial charge in [0.15, 0.2) is 17.5 Å². The molecule has 1 aromatic carbocycles. The number of carbonyl (C=O) groups excluding carboxylic acids is 1. The SMILES string of the molecule is CN(C)CCCN1C(=O)COc2c(-c3csc(N)n3)cc(Cl)cc21. The van der Waals surface area contributed by atoms with Gasteiger partial charge in [0.2, 0.25) is 0 Å². The third kappa shape index (κ3) is 3.48. The summed E-state index contributed by atoms with van der Waals surface area (Å²) in [5.74, 6) is 0.571. The maximum atomic E-state index is 12.3. The number of amides is 1. The molecular formula is C16H19ClN4O2S. The van der Waals surface area contributed by atoms with Crippen LogP contribution in [0.5, 0.6) is 5.75 Å². The molecule has 0 radical (unpaired) electrons. The van der Waals surface area contributed by atoms with Crippen LogP contribution >= 0.6 is 22.9 Å². The third-order valence-corrected chi connectivity index (χ3v) is 4.64. The van der Waals surface area contributed by atoms with E-state index < -0.39 is 0 Å². The Morgan fingerprint density at radius 1 is 1.46 bits per heavy atom. The molecular weight excluding hydrogens is 348 g/mol. The molecule has 0 saturated heterocycles. The summed E-state index contributed by atoms with van der Waals surface area (Å²) in [5, 5.41) is 2.87. The van der Waals surface area contributed by atoms with E-state index in [1.54, 1.807) is 17.0 Å². The van der Waals surface area contributed by atoms with Crippen molar-refractivity contribution in [3.05, 3.63) is 22.5 Å². The predicted molar refractivity (Wildman–Crippen MR) is 98.0 cm³/mol. The molecule has 0 saturated carbocycles. The first-order valence-electron chi connectivity index (χ1n) is 7.58. The molecule has 8 heteroatoms. The van der Waals surface area contributed by atoms with Crippen LogP contribution in [-0.4, -0.2) is 49.6 Å². The first-order chi connectivity index (χ1) is 11.5. The molecule has 0 spiro atoms. The predicted octanol–water partition coefficient (Wildman–Crippen LogP) is 2.72. The van der Waals surface area contributed by atoms with Crippen LogP contribution in [0.1, 0.15) is 6.42 Å². The van der Waals surface area contributed by atoms with E-state index in [1.807, 2.05) is 19.5 Å². The number of carbonyl (C=O) groups is 1. The highest BCUT2D eigenvalue weighted by atomic mass is 35.5. The molecule has 3 rings (SSSR count). The number of nitrogens with zero attached hydrogens (tertiary/aromatic N) is 3. The Balaban J connectivity index is 1.98. The van der Waals surface area contributed by atoms with E-state index in [-0.39, 0.29) is 12.5 Å². The number of nitrogen functional groups attached to an aromatic ring is 1. The molecule has 0 unspecified atom stereocenters. The number of thiazole rings is 1. The van der Waals surface area contributed by atoms with Gasteiger partial charge in [0, 0.05) is 22.5 Å². The van der Waals surface area contributed by atoms with Gasteiger partial charge < -0.3 is 20.3 Å². The smallest absolute Gasteiger partial charge is 0.265 e. The number of ether oxygens (including phenoxy) is 1. The highest BCUT2D eigenvalue weighted by Gasteiger charge is 2.29. The maximum absolute atomic E-state index is 12.3. The van der Waals surface area contributed by atoms with Crippen molar-refractivity contribution in [3.63, 3.8) is 0 Å². The van der Waals surface area contributed by atoms with E-state index in [0.717, 1.165) is 18.5 Å². The molecule has 6 nitrogen and oxygen atoms in total. The largest absolute Gasteiger partial charge is 0.481 e. The molecule has 24 heavy (non-hydrogen) atoms. The average molecular weight is 367 g/mol. The van der Waals surface area contributed by atoms with Crippen molar-refractivity contribution in [2.24, 2.45) is 0 Å². The molecule has 1 amide bonds. The fourth-order valence-corrected chi connectivity index (χ4v) is 3.44. The zero-order valence-corrected chi connectivity index (χ0v) is 15.2. The summed E-state index contributed by atoms with van der Waals surface area (Å²) in [6.07, 6.45) is 0.865. The van der Waals surface area contributed by atoms with Crippen LogP contribution in [-0.2, 0) is 4.79 Å². The molecule has 0 bridgehead atoms. The minimum Gasteiger partial charge on any atom is -0.481 e. The summed E-state index contributed by atoms with van der Waals surface area (Å²) in [5.41, 5.74) is 7.90. The molecule has 0 fully saturated rings. The normalized spacial score (nSPS) is 14.0. The first kappa shape index (κ1) is 17.0. The average Bonchev–Trinajstić information content (AvgIpc) is 2.95. The summed E-state index contributed by atoms with van der Waals surface area (Å²) >= 11 is 7.63. The number of fused-ring (bicyclic) bond motifs is 1. The van der Waals surface area contributed by atoms with Gasteiger partial charge in [-0.05, 0) is 39.2 Å². The Hall–Kier alpha value is -1.83. The van der Waals surface area contributed by atoms with Gasteiger partial charge >= 0.3 is 0 Å². The summed E-state index contributed by atoms with van der Waals surface area (Å²) in [6, 6.07) is 3.56. The Kier molecular flexibility index (Phi) is 4.93. The monoisotopic (exact) mass is 366 g/mol. The van der Waals surface area contributed by atoms with Crippen LogP contribution in [0, 0.1) is 0 Å². The second-order valence-electron chi connectivity index (χ2n) is 5.86. The van der Waals surface area contributed by atoms with E-state index in [1.165, 1.54) is 11.3 Å². The van der Waals surface area contributed by atoms with Gasteiger partial charge in [-0.2, -0.15) is 0 Å². The first-order valence-corrected chi connectivity index (χ1v) is 8.84. The van der Waals surface area contributed by atoms with Gasteiger partial charge in [-0.3, -0.25) is 4.79 Å². The summed E-state index contributed by atoms with van der Waals surface area (Å²) in [6.45, 7) is 1.53. The maximum Gasteiger partial charge on any atom is 0.265 e. The molecule has 1 aliphatic rings. The van der Waals surface area contributed by atoms with Crippen LogP contribution < -0.4 is 15.4 Å². The molecule has 128 valence electrons. The molecule has 0 atom stereocenters. The third-order valence-electron chi connectivity index (χ3n) is 3.75. The summed E-state index contributed by atoms with van der Waals surface area (Å²) < 4.78 is 5.71. The fraction of sp³-hybridized carbons (Fsp3) is 0.375. The molecule has 2 aromatic rings. The summed E-state index contributed by atoms with van der Waals surface area (Å²) in [4.78, 5) is 20.4. The number of nitrogens with two attached hydrogens (primary N) is 1. The Morgan fingerprint density at radius 3 is 2.92 bits per heavy atom. The van der Waals surface area contributed by atoms with Crippen LogP contribution in [0.25, 0.3) is 11.3 Å². The minimum atomic E-state index is -0.0627. The molecule has 1 aliphatic heterocycles. The van der Waals surface area contributed by atoms with Crippen molar-refractivity contribution in [3.8, 4) is 17.0 Å². The number of benzene rings is 1. The van der Waals surface area contributed by atoms with E-state index >= 15 is 0 Å². The van der Waals surface area contributed by atoms with Crippen molar-refractivity contribution in [2.45, 2.75) is 6.42 Å². The number of hydrogen-bond acceptors (Lipinski definition) is 6. The van der Waals surface area contributed by atoms with Crippen LogP contribution in [0.2, 0.25) is 5.02 Å². The molecule has 2 heterocycles. The van der Waals surface area contributed by atoms with Gasteiger partial charge in [0.05, 0.1) is 11.4 Å². The van der Waals surface area contributed by atoms with Gasteiger partial charge in [-0.15, -0.1) is 11.3 Å². The van der Waals surface area contributed by atoms with Crippen molar-refractivity contribution >= 4 is 39.7 Å². The molecule has 0 aliphatic carbocycles. The topological polar surface area (TPSA) is 71.7 Å². The van der Waals surface area contributed by atoms with Crippen LogP contribution in [0.15, 0.2) is 17.5 Å². The van der Waals surface area contributed by atoms with Crippen molar-refractivity contribution in [1.29, 1.82) is 0 Å². The van der Waals surface area contributed by atoms with Gasteiger partial charge in [0.1, 0.15) is 0 Å². The zero-order chi connectivity index (χ0) is 17.3. The highest BCUT2D eigenvalue weighted by Crippen LogP contribution is 2.43.